The molecular formula is C24H33IN4O2S. The largest absolute Gasteiger partial charge is 0.356 e. The van der Waals surface area contributed by atoms with Gasteiger partial charge in [0.1, 0.15) is 0 Å². The number of nitrogens with one attached hydrogen (secondary N) is 2. The molecule has 0 bridgehead atoms. The van der Waals surface area contributed by atoms with Crippen molar-refractivity contribution < 1.29 is 8.42 Å². The fraction of sp³-hybridized carbons (Fsp3) is 0.458. The second-order valence-electron chi connectivity index (χ2n) is 8.54. The normalized spacial score (nSPS) is 18.5. The van der Waals surface area contributed by atoms with Gasteiger partial charge in [0.25, 0.3) is 0 Å². The lowest BCUT2D eigenvalue weighted by atomic mass is 9.96. The van der Waals surface area contributed by atoms with Gasteiger partial charge in [0.15, 0.2) is 5.96 Å². The standard InChI is InChI=1S/C24H32N4O2S.HI/c1-25-23(27-19-24(13-14-24)21-10-4-2-5-11-21)26-18-20-9-8-12-22(17-20)31(29,30)28-15-6-3-7-16-28;/h2,4-5,8-12,17H,3,6-7,13-16,18-19H2,1H3,(H2,25,26,27);1H. The van der Waals surface area contributed by atoms with Crippen LogP contribution in [0, 0.1) is 0 Å². The third-order valence-electron chi connectivity index (χ3n) is 6.37. The Balaban J connectivity index is 0.00000289. The molecule has 2 fully saturated rings. The number of sulfonamides is 1. The number of benzene rings is 2. The van der Waals surface area contributed by atoms with Gasteiger partial charge in [-0.15, -0.1) is 24.0 Å². The number of hydrogen-bond acceptors (Lipinski definition) is 3. The maximum atomic E-state index is 13.0. The van der Waals surface area contributed by atoms with E-state index in [1.54, 1.807) is 23.5 Å². The van der Waals surface area contributed by atoms with Gasteiger partial charge in [-0.05, 0) is 48.9 Å². The van der Waals surface area contributed by atoms with E-state index in [-0.39, 0.29) is 29.4 Å². The molecule has 174 valence electrons. The SMILES string of the molecule is CN=C(NCc1cccc(S(=O)(=O)N2CCCCC2)c1)NCC1(c2ccccc2)CC1.I. The third-order valence-corrected chi connectivity index (χ3v) is 8.26. The zero-order valence-electron chi connectivity index (χ0n) is 18.6. The highest BCUT2D eigenvalue weighted by Crippen LogP contribution is 2.47. The van der Waals surface area contributed by atoms with E-state index in [2.05, 4.69) is 39.9 Å². The quantitative estimate of drug-likeness (QED) is 0.302. The first-order valence-corrected chi connectivity index (χ1v) is 12.6. The van der Waals surface area contributed by atoms with Gasteiger partial charge in [0.05, 0.1) is 4.90 Å². The second kappa shape index (κ2) is 11.0. The summed E-state index contributed by atoms with van der Waals surface area (Å²) in [6.07, 6.45) is 5.34. The van der Waals surface area contributed by atoms with Crippen molar-refractivity contribution in [2.75, 3.05) is 26.7 Å². The molecule has 1 aliphatic carbocycles. The number of hydrogen-bond donors (Lipinski definition) is 2. The molecule has 1 saturated carbocycles. The highest BCUT2D eigenvalue weighted by Gasteiger charge is 2.44. The molecule has 2 aromatic rings. The molecule has 2 aliphatic rings. The molecule has 0 unspecified atom stereocenters. The van der Waals surface area contributed by atoms with Crippen LogP contribution in [0.15, 0.2) is 64.5 Å². The lowest BCUT2D eigenvalue weighted by Crippen LogP contribution is -2.41. The molecule has 0 radical (unpaired) electrons. The summed E-state index contributed by atoms with van der Waals surface area (Å²) in [5.41, 5.74) is 2.49. The van der Waals surface area contributed by atoms with Gasteiger partial charge in [-0.1, -0.05) is 48.9 Å². The van der Waals surface area contributed by atoms with Crippen molar-refractivity contribution in [1.82, 2.24) is 14.9 Å². The predicted molar refractivity (Wildman–Crippen MR) is 140 cm³/mol. The molecule has 2 N–H and O–H groups in total. The average molecular weight is 569 g/mol. The van der Waals surface area contributed by atoms with E-state index in [9.17, 15) is 8.42 Å². The molecule has 1 aliphatic heterocycles. The Labute approximate surface area is 209 Å². The van der Waals surface area contributed by atoms with Gasteiger partial charge in [0, 0.05) is 38.6 Å². The lowest BCUT2D eigenvalue weighted by Gasteiger charge is -2.26. The van der Waals surface area contributed by atoms with E-state index in [1.165, 1.54) is 18.4 Å². The van der Waals surface area contributed by atoms with Crippen LogP contribution >= 0.6 is 24.0 Å². The monoisotopic (exact) mass is 568 g/mol. The van der Waals surface area contributed by atoms with Crippen molar-refractivity contribution in [3.05, 3.63) is 65.7 Å². The molecule has 1 saturated heterocycles. The average Bonchev–Trinajstić information content (AvgIpc) is 3.62. The summed E-state index contributed by atoms with van der Waals surface area (Å²) in [4.78, 5) is 4.71. The molecule has 32 heavy (non-hydrogen) atoms. The summed E-state index contributed by atoms with van der Waals surface area (Å²) in [5, 5.41) is 6.78. The highest BCUT2D eigenvalue weighted by molar-refractivity contribution is 14.0. The molecule has 0 amide bonds. The summed E-state index contributed by atoms with van der Waals surface area (Å²) in [6, 6.07) is 17.8. The Kier molecular flexibility index (Phi) is 8.57. The van der Waals surface area contributed by atoms with Gasteiger partial charge < -0.3 is 10.6 Å². The first-order chi connectivity index (χ1) is 15.0. The van der Waals surface area contributed by atoms with Gasteiger partial charge in [-0.3, -0.25) is 4.99 Å². The van der Waals surface area contributed by atoms with Crippen molar-refractivity contribution in [3.8, 4) is 0 Å². The summed E-state index contributed by atoms with van der Waals surface area (Å²) in [7, 11) is -1.66. The van der Waals surface area contributed by atoms with Crippen molar-refractivity contribution in [2.24, 2.45) is 4.99 Å². The molecule has 2 aromatic carbocycles. The van der Waals surface area contributed by atoms with Crippen molar-refractivity contribution in [3.63, 3.8) is 0 Å². The van der Waals surface area contributed by atoms with Gasteiger partial charge in [-0.2, -0.15) is 4.31 Å². The van der Waals surface area contributed by atoms with Crippen LogP contribution in [0.1, 0.15) is 43.2 Å². The van der Waals surface area contributed by atoms with Crippen LogP contribution in [-0.4, -0.2) is 45.4 Å². The van der Waals surface area contributed by atoms with Crippen molar-refractivity contribution in [1.29, 1.82) is 0 Å². The van der Waals surface area contributed by atoms with E-state index >= 15 is 0 Å². The molecular weight excluding hydrogens is 535 g/mol. The van der Waals surface area contributed by atoms with Crippen LogP contribution < -0.4 is 10.6 Å². The molecule has 0 aromatic heterocycles. The van der Waals surface area contributed by atoms with E-state index < -0.39 is 10.0 Å². The number of aliphatic imine (C=N–C) groups is 1. The number of halogens is 1. The minimum atomic E-state index is -3.42. The minimum absolute atomic E-state index is 0. The first kappa shape index (κ1) is 25.0. The Morgan fingerprint density at radius 1 is 1.00 bits per heavy atom. The smallest absolute Gasteiger partial charge is 0.243 e. The van der Waals surface area contributed by atoms with E-state index in [4.69, 9.17) is 0 Å². The fourth-order valence-electron chi connectivity index (χ4n) is 4.24. The molecule has 6 nitrogen and oxygen atoms in total. The van der Waals surface area contributed by atoms with Crippen LogP contribution in [0.5, 0.6) is 0 Å². The predicted octanol–water partition coefficient (Wildman–Crippen LogP) is 3.88. The summed E-state index contributed by atoms with van der Waals surface area (Å²) in [6.45, 7) is 2.58. The second-order valence-corrected chi connectivity index (χ2v) is 10.5. The molecule has 1 heterocycles. The van der Waals surface area contributed by atoms with Crippen LogP contribution in [0.3, 0.4) is 0 Å². The Morgan fingerprint density at radius 3 is 2.38 bits per heavy atom. The number of nitrogens with zero attached hydrogens (tertiary/aromatic N) is 2. The molecule has 8 heteroatoms. The Morgan fingerprint density at radius 2 is 1.72 bits per heavy atom. The van der Waals surface area contributed by atoms with Crippen molar-refractivity contribution in [2.45, 2.75) is 49.0 Å². The molecule has 4 rings (SSSR count). The third kappa shape index (κ3) is 5.82. The molecule has 0 atom stereocenters. The van der Waals surface area contributed by atoms with Gasteiger partial charge in [0.2, 0.25) is 10.0 Å². The van der Waals surface area contributed by atoms with Crippen molar-refractivity contribution >= 4 is 40.0 Å². The number of rotatable bonds is 7. The maximum Gasteiger partial charge on any atom is 0.243 e. The zero-order chi connectivity index (χ0) is 21.7. The van der Waals surface area contributed by atoms with Crippen LogP contribution in [0.4, 0.5) is 0 Å². The maximum absolute atomic E-state index is 13.0. The Bertz CT molecular complexity index is 1020. The fourth-order valence-corrected chi connectivity index (χ4v) is 5.83. The van der Waals surface area contributed by atoms with E-state index in [1.807, 2.05) is 18.2 Å². The summed E-state index contributed by atoms with van der Waals surface area (Å²) >= 11 is 0. The number of guanidine groups is 1. The van der Waals surface area contributed by atoms with Crippen LogP contribution in [0.2, 0.25) is 0 Å². The van der Waals surface area contributed by atoms with E-state index in [0.29, 0.717) is 24.5 Å². The first-order valence-electron chi connectivity index (χ1n) is 11.1. The lowest BCUT2D eigenvalue weighted by molar-refractivity contribution is 0.346. The Hall–Kier alpha value is -1.65. The van der Waals surface area contributed by atoms with Gasteiger partial charge in [-0.25, -0.2) is 8.42 Å². The highest BCUT2D eigenvalue weighted by atomic mass is 127. The van der Waals surface area contributed by atoms with Crippen LogP contribution in [-0.2, 0) is 22.0 Å². The minimum Gasteiger partial charge on any atom is -0.356 e. The summed E-state index contributed by atoms with van der Waals surface area (Å²) in [5.74, 6) is 0.728. The topological polar surface area (TPSA) is 73.8 Å². The van der Waals surface area contributed by atoms with Gasteiger partial charge >= 0.3 is 0 Å². The van der Waals surface area contributed by atoms with Crippen LogP contribution in [0.25, 0.3) is 0 Å². The molecule has 0 spiro atoms. The summed E-state index contributed by atoms with van der Waals surface area (Å²) < 4.78 is 27.5. The van der Waals surface area contributed by atoms with E-state index in [0.717, 1.165) is 37.3 Å². The number of piperidine rings is 1. The zero-order valence-corrected chi connectivity index (χ0v) is 21.7.